The fourth-order valence-corrected chi connectivity index (χ4v) is 3.85. The maximum absolute atomic E-state index is 12.5. The van der Waals surface area contributed by atoms with Crippen molar-refractivity contribution in [3.8, 4) is 0 Å². The van der Waals surface area contributed by atoms with Crippen molar-refractivity contribution in [2.75, 3.05) is 18.8 Å². The Morgan fingerprint density at radius 3 is 3.00 bits per heavy atom. The second kappa shape index (κ2) is 7.36. The SMILES string of the molecule is CCSC1CCCCN(C(=O)Cc2c(C)noc2Cl)C1. The molecule has 1 aliphatic rings. The van der Waals surface area contributed by atoms with Crippen molar-refractivity contribution in [1.82, 2.24) is 10.1 Å². The minimum absolute atomic E-state index is 0.127. The summed E-state index contributed by atoms with van der Waals surface area (Å²) in [6.45, 7) is 5.68. The molecule has 1 atom stereocenters. The van der Waals surface area contributed by atoms with Crippen molar-refractivity contribution >= 4 is 29.3 Å². The molecule has 1 saturated heterocycles. The second-order valence-electron chi connectivity index (χ2n) is 5.11. The molecule has 20 heavy (non-hydrogen) atoms. The lowest BCUT2D eigenvalue weighted by Gasteiger charge is -2.24. The molecule has 0 aromatic carbocycles. The highest BCUT2D eigenvalue weighted by molar-refractivity contribution is 7.99. The number of aryl methyl sites for hydroxylation is 1. The number of carbonyl (C=O) groups is 1. The molecule has 0 saturated carbocycles. The van der Waals surface area contributed by atoms with Gasteiger partial charge in [0.1, 0.15) is 0 Å². The lowest BCUT2D eigenvalue weighted by atomic mass is 10.1. The zero-order chi connectivity index (χ0) is 14.5. The van der Waals surface area contributed by atoms with Gasteiger partial charge in [-0.1, -0.05) is 18.5 Å². The van der Waals surface area contributed by atoms with Crippen molar-refractivity contribution < 1.29 is 9.32 Å². The van der Waals surface area contributed by atoms with Gasteiger partial charge in [0.25, 0.3) is 0 Å². The molecule has 112 valence electrons. The predicted molar refractivity (Wildman–Crippen MR) is 82.3 cm³/mol. The van der Waals surface area contributed by atoms with Crippen LogP contribution < -0.4 is 0 Å². The van der Waals surface area contributed by atoms with Gasteiger partial charge in [-0.3, -0.25) is 4.79 Å². The molecular weight excluding hydrogens is 296 g/mol. The first-order valence-corrected chi connectivity index (χ1v) is 8.54. The molecule has 1 unspecified atom stereocenters. The van der Waals surface area contributed by atoms with E-state index in [0.29, 0.717) is 10.9 Å². The van der Waals surface area contributed by atoms with E-state index in [9.17, 15) is 4.79 Å². The average Bonchev–Trinajstić information content (AvgIpc) is 2.65. The van der Waals surface area contributed by atoms with Crippen LogP contribution >= 0.6 is 23.4 Å². The van der Waals surface area contributed by atoms with Crippen LogP contribution in [0.25, 0.3) is 0 Å². The van der Waals surface area contributed by atoms with E-state index in [2.05, 4.69) is 12.1 Å². The van der Waals surface area contributed by atoms with Gasteiger partial charge in [0.05, 0.1) is 12.1 Å². The number of rotatable bonds is 4. The largest absolute Gasteiger partial charge is 0.344 e. The molecule has 4 nitrogen and oxygen atoms in total. The molecule has 0 radical (unpaired) electrons. The Hall–Kier alpha value is -0.680. The van der Waals surface area contributed by atoms with Crippen LogP contribution in [0.5, 0.6) is 0 Å². The molecule has 6 heteroatoms. The highest BCUT2D eigenvalue weighted by Gasteiger charge is 2.24. The Morgan fingerprint density at radius 1 is 1.55 bits per heavy atom. The first kappa shape index (κ1) is 15.7. The zero-order valence-corrected chi connectivity index (χ0v) is 13.6. The third-order valence-electron chi connectivity index (χ3n) is 3.65. The van der Waals surface area contributed by atoms with Crippen LogP contribution in [0.1, 0.15) is 37.4 Å². The van der Waals surface area contributed by atoms with Gasteiger partial charge in [-0.25, -0.2) is 0 Å². The van der Waals surface area contributed by atoms with E-state index in [1.807, 2.05) is 23.6 Å². The number of halogens is 1. The van der Waals surface area contributed by atoms with Crippen LogP contribution in [-0.2, 0) is 11.2 Å². The zero-order valence-electron chi connectivity index (χ0n) is 12.0. The maximum atomic E-state index is 12.5. The smallest absolute Gasteiger partial charge is 0.229 e. The van der Waals surface area contributed by atoms with Gasteiger partial charge < -0.3 is 9.42 Å². The molecule has 1 fully saturated rings. The van der Waals surface area contributed by atoms with E-state index >= 15 is 0 Å². The highest BCUT2D eigenvalue weighted by atomic mass is 35.5. The van der Waals surface area contributed by atoms with E-state index in [0.717, 1.165) is 30.8 Å². The third kappa shape index (κ3) is 3.92. The minimum atomic E-state index is 0.127. The Bertz CT molecular complexity index is 445. The van der Waals surface area contributed by atoms with Crippen molar-refractivity contribution in [2.45, 2.75) is 44.8 Å². The molecule has 1 aromatic rings. The number of hydrogen-bond acceptors (Lipinski definition) is 4. The highest BCUT2D eigenvalue weighted by Crippen LogP contribution is 2.24. The quantitative estimate of drug-likeness (QED) is 0.855. The van der Waals surface area contributed by atoms with Crippen LogP contribution in [0.4, 0.5) is 0 Å². The van der Waals surface area contributed by atoms with Crippen LogP contribution in [0.15, 0.2) is 4.52 Å². The maximum Gasteiger partial charge on any atom is 0.229 e. The van der Waals surface area contributed by atoms with Crippen molar-refractivity contribution in [3.63, 3.8) is 0 Å². The van der Waals surface area contributed by atoms with E-state index in [-0.39, 0.29) is 17.5 Å². The summed E-state index contributed by atoms with van der Waals surface area (Å²) in [7, 11) is 0. The first-order chi connectivity index (χ1) is 9.61. The molecule has 2 heterocycles. The minimum Gasteiger partial charge on any atom is -0.344 e. The first-order valence-electron chi connectivity index (χ1n) is 7.11. The van der Waals surface area contributed by atoms with E-state index < -0.39 is 0 Å². The summed E-state index contributed by atoms with van der Waals surface area (Å²) in [4.78, 5) is 14.4. The number of likely N-dealkylation sites (tertiary alicyclic amines) is 1. The summed E-state index contributed by atoms with van der Waals surface area (Å²) in [5.74, 6) is 1.23. The van der Waals surface area contributed by atoms with Gasteiger partial charge in [-0.05, 0) is 37.1 Å². The lowest BCUT2D eigenvalue weighted by molar-refractivity contribution is -0.130. The lowest BCUT2D eigenvalue weighted by Crippen LogP contribution is -2.36. The van der Waals surface area contributed by atoms with E-state index in [4.69, 9.17) is 16.1 Å². The number of nitrogens with zero attached hydrogens (tertiary/aromatic N) is 2. The molecule has 1 aromatic heterocycles. The molecule has 2 rings (SSSR count). The summed E-state index contributed by atoms with van der Waals surface area (Å²) < 4.78 is 4.91. The summed E-state index contributed by atoms with van der Waals surface area (Å²) >= 11 is 7.88. The predicted octanol–water partition coefficient (Wildman–Crippen LogP) is 3.31. The fourth-order valence-electron chi connectivity index (χ4n) is 2.52. The van der Waals surface area contributed by atoms with Crippen molar-refractivity contribution in [1.29, 1.82) is 0 Å². The Kier molecular flexibility index (Phi) is 5.78. The standard InChI is InChI=1S/C14H21ClN2O2S/c1-3-20-11-6-4-5-7-17(9-11)13(18)8-12-10(2)16-19-14(12)15/h11H,3-9H2,1-2H3. The van der Waals surface area contributed by atoms with Gasteiger partial charge >= 0.3 is 0 Å². The number of hydrogen-bond donors (Lipinski definition) is 0. The Labute approximate surface area is 129 Å². The second-order valence-corrected chi connectivity index (χ2v) is 7.03. The van der Waals surface area contributed by atoms with Gasteiger partial charge in [0.2, 0.25) is 11.1 Å². The molecule has 0 bridgehead atoms. The third-order valence-corrected chi connectivity index (χ3v) is 5.13. The number of carbonyl (C=O) groups excluding carboxylic acids is 1. The van der Waals surface area contributed by atoms with Gasteiger partial charge in [0.15, 0.2) is 0 Å². The van der Waals surface area contributed by atoms with Crippen molar-refractivity contribution in [2.24, 2.45) is 0 Å². The van der Waals surface area contributed by atoms with Crippen LogP contribution in [0, 0.1) is 6.92 Å². The van der Waals surface area contributed by atoms with Gasteiger partial charge in [0, 0.05) is 23.9 Å². The van der Waals surface area contributed by atoms with Gasteiger partial charge in [-0.2, -0.15) is 11.8 Å². The number of thioether (sulfide) groups is 1. The molecule has 1 amide bonds. The number of aromatic nitrogens is 1. The van der Waals surface area contributed by atoms with E-state index in [1.165, 1.54) is 12.8 Å². The topological polar surface area (TPSA) is 46.3 Å². The summed E-state index contributed by atoms with van der Waals surface area (Å²) in [5, 5.41) is 4.60. The van der Waals surface area contributed by atoms with E-state index in [1.54, 1.807) is 0 Å². The van der Waals surface area contributed by atoms with Gasteiger partial charge in [-0.15, -0.1) is 0 Å². The monoisotopic (exact) mass is 316 g/mol. The molecular formula is C14H21ClN2O2S. The molecule has 0 aliphatic carbocycles. The van der Waals surface area contributed by atoms with Crippen molar-refractivity contribution in [3.05, 3.63) is 16.5 Å². The Morgan fingerprint density at radius 2 is 2.35 bits per heavy atom. The number of amides is 1. The molecule has 0 N–H and O–H groups in total. The average molecular weight is 317 g/mol. The van der Waals surface area contributed by atoms with Crippen LogP contribution in [0.2, 0.25) is 5.22 Å². The molecule has 0 spiro atoms. The summed E-state index contributed by atoms with van der Waals surface area (Å²) in [5.41, 5.74) is 1.43. The van der Waals surface area contributed by atoms with Crippen LogP contribution in [0.3, 0.4) is 0 Å². The van der Waals surface area contributed by atoms with Crippen LogP contribution in [-0.4, -0.2) is 40.1 Å². The normalized spacial score (nSPS) is 19.9. The fraction of sp³-hybridized carbons (Fsp3) is 0.714. The molecule has 1 aliphatic heterocycles. The Balaban J connectivity index is 2.00. The summed E-state index contributed by atoms with van der Waals surface area (Å²) in [6.07, 6.45) is 3.78. The summed E-state index contributed by atoms with van der Waals surface area (Å²) in [6, 6.07) is 0.